The van der Waals surface area contributed by atoms with Crippen molar-refractivity contribution in [2.75, 3.05) is 7.11 Å². The van der Waals surface area contributed by atoms with Gasteiger partial charge in [-0.25, -0.2) is 0 Å². The summed E-state index contributed by atoms with van der Waals surface area (Å²) < 4.78 is 124. The van der Waals surface area contributed by atoms with E-state index in [0.717, 1.165) is 26.3 Å². The molecular weight excluding hydrogens is 471 g/mol. The molecule has 0 aliphatic heterocycles. The molecule has 0 unspecified atom stereocenters. The SMILES string of the molecule is COc1ccc(-c2cc(C(F)(F)F)n(C)n2)c(O)c1-c1cc(C(F)(F)F)cc(C(F)(F)F)c1. The zero-order valence-corrected chi connectivity index (χ0v) is 16.6. The van der Waals surface area contributed by atoms with Gasteiger partial charge in [-0.15, -0.1) is 0 Å². The summed E-state index contributed by atoms with van der Waals surface area (Å²) in [6.07, 6.45) is -15.1. The van der Waals surface area contributed by atoms with Crippen molar-refractivity contribution >= 4 is 0 Å². The smallest absolute Gasteiger partial charge is 0.433 e. The van der Waals surface area contributed by atoms with Gasteiger partial charge in [-0.3, -0.25) is 4.68 Å². The van der Waals surface area contributed by atoms with Crippen LogP contribution in [0.15, 0.2) is 36.4 Å². The first-order valence-electron chi connectivity index (χ1n) is 8.85. The van der Waals surface area contributed by atoms with E-state index in [2.05, 4.69) is 5.10 Å². The third-order valence-corrected chi connectivity index (χ3v) is 4.68. The van der Waals surface area contributed by atoms with Crippen LogP contribution in [0.4, 0.5) is 39.5 Å². The maximum Gasteiger partial charge on any atom is 0.433 e. The average molecular weight is 484 g/mol. The fourth-order valence-corrected chi connectivity index (χ4v) is 3.19. The summed E-state index contributed by atoms with van der Waals surface area (Å²) in [6.45, 7) is 0. The van der Waals surface area contributed by atoms with Gasteiger partial charge in [0, 0.05) is 12.6 Å². The number of phenols is 1. The van der Waals surface area contributed by atoms with E-state index in [0.29, 0.717) is 22.9 Å². The van der Waals surface area contributed by atoms with Crippen molar-refractivity contribution in [1.29, 1.82) is 0 Å². The molecular formula is C20H13F9N2O2. The van der Waals surface area contributed by atoms with Crippen LogP contribution in [0.5, 0.6) is 11.5 Å². The molecule has 3 rings (SSSR count). The topological polar surface area (TPSA) is 47.3 Å². The second-order valence-electron chi connectivity index (χ2n) is 6.87. The number of hydrogen-bond donors (Lipinski definition) is 1. The summed E-state index contributed by atoms with van der Waals surface area (Å²) in [5.74, 6) is -1.22. The molecule has 13 heteroatoms. The largest absolute Gasteiger partial charge is 0.506 e. The fraction of sp³-hybridized carbons (Fsp3) is 0.250. The summed E-state index contributed by atoms with van der Waals surface area (Å²) in [5.41, 5.74) is -6.52. The molecule has 0 saturated heterocycles. The van der Waals surface area contributed by atoms with Crippen molar-refractivity contribution in [3.63, 3.8) is 0 Å². The Morgan fingerprint density at radius 1 is 0.818 bits per heavy atom. The third-order valence-electron chi connectivity index (χ3n) is 4.68. The number of halogens is 9. The van der Waals surface area contributed by atoms with Crippen LogP contribution >= 0.6 is 0 Å². The number of aromatic hydroxyl groups is 1. The van der Waals surface area contributed by atoms with Crippen molar-refractivity contribution in [2.24, 2.45) is 7.05 Å². The standard InChI is InChI=1S/C20H13F9N2O2/c1-31-15(20(27,28)29)8-13(30-31)12-3-4-14(33-2)16(17(12)32)9-5-10(18(21,22)23)7-11(6-9)19(24,25)26/h3-8,32H,1-2H3. The Kier molecular flexibility index (Phi) is 5.80. The monoisotopic (exact) mass is 484 g/mol. The number of alkyl halides is 9. The molecule has 0 atom stereocenters. The van der Waals surface area contributed by atoms with Crippen LogP contribution in [-0.2, 0) is 25.6 Å². The van der Waals surface area contributed by atoms with Crippen LogP contribution in [0, 0.1) is 0 Å². The fourth-order valence-electron chi connectivity index (χ4n) is 3.19. The van der Waals surface area contributed by atoms with Gasteiger partial charge in [-0.1, -0.05) is 0 Å². The minimum absolute atomic E-state index is 0.0920. The molecule has 0 amide bonds. The van der Waals surface area contributed by atoms with E-state index >= 15 is 0 Å². The highest BCUT2D eigenvalue weighted by molar-refractivity contribution is 5.85. The summed E-state index contributed by atoms with van der Waals surface area (Å²) >= 11 is 0. The Bertz CT molecular complexity index is 1160. The molecule has 0 saturated carbocycles. The molecule has 1 heterocycles. The van der Waals surface area contributed by atoms with Gasteiger partial charge in [-0.2, -0.15) is 44.6 Å². The number of benzene rings is 2. The summed E-state index contributed by atoms with van der Waals surface area (Å²) in [4.78, 5) is 0. The van der Waals surface area contributed by atoms with Crippen LogP contribution < -0.4 is 4.74 Å². The maximum atomic E-state index is 13.3. The second kappa shape index (κ2) is 7.89. The molecule has 178 valence electrons. The van der Waals surface area contributed by atoms with Gasteiger partial charge in [0.1, 0.15) is 17.2 Å². The zero-order chi connectivity index (χ0) is 24.9. The van der Waals surface area contributed by atoms with Crippen LogP contribution in [0.25, 0.3) is 22.4 Å². The second-order valence-corrected chi connectivity index (χ2v) is 6.87. The normalized spacial score (nSPS) is 12.8. The van der Waals surface area contributed by atoms with Gasteiger partial charge >= 0.3 is 18.5 Å². The highest BCUT2D eigenvalue weighted by atomic mass is 19.4. The zero-order valence-electron chi connectivity index (χ0n) is 16.6. The molecule has 0 fully saturated rings. The summed E-state index contributed by atoms with van der Waals surface area (Å²) in [7, 11) is 2.04. The molecule has 0 spiro atoms. The Morgan fingerprint density at radius 3 is 1.79 bits per heavy atom. The Labute approximate surface area is 179 Å². The minimum Gasteiger partial charge on any atom is -0.506 e. The van der Waals surface area contributed by atoms with E-state index in [-0.39, 0.29) is 17.4 Å². The predicted octanol–water partition coefficient (Wildman–Crippen LogP) is 6.52. The highest BCUT2D eigenvalue weighted by Gasteiger charge is 2.38. The maximum absolute atomic E-state index is 13.3. The molecule has 3 aromatic rings. The quantitative estimate of drug-likeness (QED) is 0.431. The van der Waals surface area contributed by atoms with Crippen molar-refractivity contribution in [1.82, 2.24) is 9.78 Å². The van der Waals surface area contributed by atoms with Gasteiger partial charge in [0.15, 0.2) is 0 Å². The molecule has 0 aliphatic carbocycles. The number of hydrogen-bond acceptors (Lipinski definition) is 3. The van der Waals surface area contributed by atoms with E-state index in [4.69, 9.17) is 4.74 Å². The van der Waals surface area contributed by atoms with E-state index in [9.17, 15) is 44.6 Å². The Balaban J connectivity index is 2.31. The van der Waals surface area contributed by atoms with E-state index in [1.54, 1.807) is 0 Å². The molecule has 33 heavy (non-hydrogen) atoms. The van der Waals surface area contributed by atoms with E-state index in [1.165, 1.54) is 0 Å². The first-order valence-corrected chi connectivity index (χ1v) is 8.85. The van der Waals surface area contributed by atoms with E-state index in [1.807, 2.05) is 0 Å². The summed E-state index contributed by atoms with van der Waals surface area (Å²) in [5, 5.41) is 14.4. The number of phenolic OH excluding ortho intramolecular Hbond substituents is 1. The van der Waals surface area contributed by atoms with Crippen LogP contribution in [-0.4, -0.2) is 22.0 Å². The number of aryl methyl sites for hydroxylation is 1. The number of aromatic nitrogens is 2. The van der Waals surface area contributed by atoms with Crippen LogP contribution in [0.2, 0.25) is 0 Å². The molecule has 1 N–H and O–H groups in total. The lowest BCUT2D eigenvalue weighted by Crippen LogP contribution is -2.11. The molecule has 0 aliphatic rings. The predicted molar refractivity (Wildman–Crippen MR) is 97.3 cm³/mol. The Hall–Kier alpha value is -3.38. The Morgan fingerprint density at radius 2 is 1.36 bits per heavy atom. The lowest BCUT2D eigenvalue weighted by atomic mass is 9.95. The van der Waals surface area contributed by atoms with Crippen LogP contribution in [0.3, 0.4) is 0 Å². The lowest BCUT2D eigenvalue weighted by Gasteiger charge is -2.17. The molecule has 0 radical (unpaired) electrons. The molecule has 2 aromatic carbocycles. The van der Waals surface area contributed by atoms with Gasteiger partial charge in [0.05, 0.1) is 29.5 Å². The van der Waals surface area contributed by atoms with Gasteiger partial charge in [0.2, 0.25) is 0 Å². The van der Waals surface area contributed by atoms with Gasteiger partial charge < -0.3 is 9.84 Å². The lowest BCUT2D eigenvalue weighted by molar-refractivity contribution is -0.144. The van der Waals surface area contributed by atoms with Crippen molar-refractivity contribution in [2.45, 2.75) is 18.5 Å². The van der Waals surface area contributed by atoms with Gasteiger partial charge in [0.25, 0.3) is 0 Å². The van der Waals surface area contributed by atoms with Gasteiger partial charge in [-0.05, 0) is 42.0 Å². The molecule has 0 bridgehead atoms. The minimum atomic E-state index is -5.15. The number of nitrogens with zero attached hydrogens (tertiary/aromatic N) is 2. The van der Waals surface area contributed by atoms with Crippen molar-refractivity contribution < 1.29 is 49.4 Å². The first kappa shape index (κ1) is 24.3. The first-order chi connectivity index (χ1) is 15.0. The molecule has 1 aromatic heterocycles. The highest BCUT2D eigenvalue weighted by Crippen LogP contribution is 2.47. The summed E-state index contributed by atoms with van der Waals surface area (Å²) in [6, 6.07) is 3.40. The third kappa shape index (κ3) is 4.71. The van der Waals surface area contributed by atoms with Crippen LogP contribution in [0.1, 0.15) is 16.8 Å². The van der Waals surface area contributed by atoms with E-state index < -0.39 is 57.9 Å². The molecule has 4 nitrogen and oxygen atoms in total. The average Bonchev–Trinajstić information content (AvgIpc) is 3.07. The number of rotatable bonds is 3. The number of methoxy groups -OCH3 is 1. The van der Waals surface area contributed by atoms with Crippen molar-refractivity contribution in [3.05, 3.63) is 53.2 Å². The number of ether oxygens (including phenoxy) is 1. The van der Waals surface area contributed by atoms with Crippen molar-refractivity contribution in [3.8, 4) is 33.9 Å².